The van der Waals surface area contributed by atoms with Gasteiger partial charge in [-0.15, -0.1) is 10.2 Å². The summed E-state index contributed by atoms with van der Waals surface area (Å²) in [5.41, 5.74) is 0.922. The van der Waals surface area contributed by atoms with E-state index in [-0.39, 0.29) is 0 Å². The highest BCUT2D eigenvalue weighted by atomic mass is 32.2. The highest BCUT2D eigenvalue weighted by Gasteiger charge is 2.11. The Morgan fingerprint density at radius 1 is 1.35 bits per heavy atom. The van der Waals surface area contributed by atoms with Crippen LogP contribution in [0.1, 0.15) is 18.1 Å². The lowest BCUT2D eigenvalue weighted by molar-refractivity contribution is 0.189. The van der Waals surface area contributed by atoms with Crippen molar-refractivity contribution in [3.63, 3.8) is 0 Å². The van der Waals surface area contributed by atoms with Gasteiger partial charge in [-0.1, -0.05) is 42.1 Å². The Bertz CT molecular complexity index is 504. The molecular formula is C14H19N3O2S. The summed E-state index contributed by atoms with van der Waals surface area (Å²) in [5.74, 6) is 0.562. The molecule has 1 atom stereocenters. The molecule has 5 nitrogen and oxygen atoms in total. The van der Waals surface area contributed by atoms with Crippen LogP contribution in [0.4, 0.5) is 0 Å². The van der Waals surface area contributed by atoms with Crippen LogP contribution in [0.25, 0.3) is 0 Å². The van der Waals surface area contributed by atoms with Gasteiger partial charge in [-0.05, 0) is 12.0 Å². The fourth-order valence-electron chi connectivity index (χ4n) is 1.81. The Morgan fingerprint density at radius 2 is 2.15 bits per heavy atom. The first kappa shape index (κ1) is 15.0. The van der Waals surface area contributed by atoms with E-state index in [1.807, 2.05) is 34.9 Å². The van der Waals surface area contributed by atoms with Crippen LogP contribution in [-0.4, -0.2) is 39.3 Å². The summed E-state index contributed by atoms with van der Waals surface area (Å²) in [6.07, 6.45) is 2.14. The summed E-state index contributed by atoms with van der Waals surface area (Å²) >= 11 is 1.51. The van der Waals surface area contributed by atoms with Gasteiger partial charge in [0.05, 0.1) is 6.10 Å². The van der Waals surface area contributed by atoms with E-state index in [0.717, 1.165) is 30.3 Å². The summed E-state index contributed by atoms with van der Waals surface area (Å²) in [6.45, 7) is 1.54. The van der Waals surface area contributed by atoms with Crippen LogP contribution in [0.3, 0.4) is 0 Å². The van der Waals surface area contributed by atoms with Crippen LogP contribution in [0, 0.1) is 0 Å². The lowest BCUT2D eigenvalue weighted by Crippen LogP contribution is -2.04. The topological polar surface area (TPSA) is 60.2 Å². The van der Waals surface area contributed by atoms with Crippen LogP contribution < -0.4 is 0 Å². The van der Waals surface area contributed by atoms with E-state index in [9.17, 15) is 5.11 Å². The molecule has 0 fully saturated rings. The zero-order chi connectivity index (χ0) is 14.2. The highest BCUT2D eigenvalue weighted by Crippen LogP contribution is 2.23. The lowest BCUT2D eigenvalue weighted by Gasteiger charge is -2.10. The van der Waals surface area contributed by atoms with E-state index in [0.29, 0.717) is 5.75 Å². The third kappa shape index (κ3) is 4.33. The second-order valence-corrected chi connectivity index (χ2v) is 5.38. The molecule has 0 saturated carbocycles. The van der Waals surface area contributed by atoms with Crippen molar-refractivity contribution in [2.75, 3.05) is 19.5 Å². The SMILES string of the molecule is COCCCn1cnnc1SCC(O)c1ccccc1. The van der Waals surface area contributed by atoms with Gasteiger partial charge in [0.2, 0.25) is 0 Å². The van der Waals surface area contributed by atoms with Gasteiger partial charge in [-0.25, -0.2) is 0 Å². The Kier molecular flexibility index (Phi) is 6.04. The van der Waals surface area contributed by atoms with Gasteiger partial charge >= 0.3 is 0 Å². The second-order valence-electron chi connectivity index (χ2n) is 4.39. The molecule has 0 saturated heterocycles. The molecule has 6 heteroatoms. The van der Waals surface area contributed by atoms with Gasteiger partial charge in [0.15, 0.2) is 5.16 Å². The molecule has 0 aliphatic heterocycles. The summed E-state index contributed by atoms with van der Waals surface area (Å²) in [6, 6.07) is 9.64. The van der Waals surface area contributed by atoms with Crippen LogP contribution in [-0.2, 0) is 11.3 Å². The molecule has 108 valence electrons. The van der Waals surface area contributed by atoms with E-state index >= 15 is 0 Å². The number of aliphatic hydroxyl groups is 1. The van der Waals surface area contributed by atoms with Crippen molar-refractivity contribution < 1.29 is 9.84 Å². The van der Waals surface area contributed by atoms with Gasteiger partial charge in [-0.3, -0.25) is 0 Å². The number of methoxy groups -OCH3 is 1. The molecule has 1 aromatic heterocycles. The number of benzene rings is 1. The third-order valence-electron chi connectivity index (χ3n) is 2.88. The average Bonchev–Trinajstić information content (AvgIpc) is 2.93. The van der Waals surface area contributed by atoms with Crippen molar-refractivity contribution in [3.05, 3.63) is 42.2 Å². The first-order valence-electron chi connectivity index (χ1n) is 6.54. The largest absolute Gasteiger partial charge is 0.388 e. The zero-order valence-corrected chi connectivity index (χ0v) is 12.3. The van der Waals surface area contributed by atoms with E-state index in [1.54, 1.807) is 13.4 Å². The van der Waals surface area contributed by atoms with Gasteiger partial charge < -0.3 is 14.4 Å². The lowest BCUT2D eigenvalue weighted by atomic mass is 10.1. The quantitative estimate of drug-likeness (QED) is 0.597. The molecule has 1 N–H and O–H groups in total. The molecule has 1 aromatic carbocycles. The van der Waals surface area contributed by atoms with Crippen LogP contribution >= 0.6 is 11.8 Å². The first-order chi connectivity index (χ1) is 9.81. The smallest absolute Gasteiger partial charge is 0.191 e. The zero-order valence-electron chi connectivity index (χ0n) is 11.5. The third-order valence-corrected chi connectivity index (χ3v) is 3.94. The Hall–Kier alpha value is -1.37. The molecule has 2 aromatic rings. The molecule has 0 radical (unpaired) electrons. The molecule has 20 heavy (non-hydrogen) atoms. The van der Waals surface area contributed by atoms with Crippen LogP contribution in [0.15, 0.2) is 41.8 Å². The highest BCUT2D eigenvalue weighted by molar-refractivity contribution is 7.99. The van der Waals surface area contributed by atoms with Crippen molar-refractivity contribution in [3.8, 4) is 0 Å². The van der Waals surface area contributed by atoms with Gasteiger partial charge in [0, 0.05) is 26.0 Å². The van der Waals surface area contributed by atoms with E-state index < -0.39 is 6.10 Å². The van der Waals surface area contributed by atoms with E-state index in [4.69, 9.17) is 4.74 Å². The molecule has 0 spiro atoms. The van der Waals surface area contributed by atoms with Gasteiger partial charge in [0.1, 0.15) is 6.33 Å². The number of aryl methyl sites for hydroxylation is 1. The fraction of sp³-hybridized carbons (Fsp3) is 0.429. The van der Waals surface area contributed by atoms with E-state index in [2.05, 4.69) is 10.2 Å². The fourth-order valence-corrected chi connectivity index (χ4v) is 2.72. The van der Waals surface area contributed by atoms with Gasteiger partial charge in [0.25, 0.3) is 0 Å². The van der Waals surface area contributed by atoms with Crippen molar-refractivity contribution in [1.82, 2.24) is 14.8 Å². The molecule has 2 rings (SSSR count). The number of nitrogens with zero attached hydrogens (tertiary/aromatic N) is 3. The van der Waals surface area contributed by atoms with Crippen molar-refractivity contribution >= 4 is 11.8 Å². The Labute approximate surface area is 123 Å². The normalized spacial score (nSPS) is 12.5. The molecule has 1 unspecified atom stereocenters. The second kappa shape index (κ2) is 8.04. The molecule has 0 amide bonds. The minimum Gasteiger partial charge on any atom is -0.388 e. The molecule has 0 bridgehead atoms. The molecular weight excluding hydrogens is 274 g/mol. The van der Waals surface area contributed by atoms with Crippen LogP contribution in [0.2, 0.25) is 0 Å². The molecule has 0 aliphatic carbocycles. The predicted molar refractivity (Wildman–Crippen MR) is 78.6 cm³/mol. The summed E-state index contributed by atoms with van der Waals surface area (Å²) in [7, 11) is 1.69. The standard InChI is InChI=1S/C14H19N3O2S/c1-19-9-5-8-17-11-15-16-14(17)20-10-13(18)12-6-3-2-4-7-12/h2-4,6-7,11,13,18H,5,8-10H2,1H3. The molecule has 0 aliphatic rings. The summed E-state index contributed by atoms with van der Waals surface area (Å²) in [4.78, 5) is 0. The summed E-state index contributed by atoms with van der Waals surface area (Å²) in [5, 5.41) is 19.0. The maximum atomic E-state index is 10.1. The van der Waals surface area contributed by atoms with Crippen LogP contribution in [0.5, 0.6) is 0 Å². The number of aromatic nitrogens is 3. The maximum Gasteiger partial charge on any atom is 0.191 e. The number of thioether (sulfide) groups is 1. The Morgan fingerprint density at radius 3 is 2.90 bits per heavy atom. The number of hydrogen-bond acceptors (Lipinski definition) is 5. The summed E-state index contributed by atoms with van der Waals surface area (Å²) < 4.78 is 7.02. The predicted octanol–water partition coefficient (Wildman–Crippen LogP) is 2.14. The number of aliphatic hydroxyl groups excluding tert-OH is 1. The van der Waals surface area contributed by atoms with Crippen molar-refractivity contribution in [1.29, 1.82) is 0 Å². The molecule has 1 heterocycles. The first-order valence-corrected chi connectivity index (χ1v) is 7.52. The number of ether oxygens (including phenoxy) is 1. The van der Waals surface area contributed by atoms with Crippen molar-refractivity contribution in [2.45, 2.75) is 24.2 Å². The average molecular weight is 293 g/mol. The minimum absolute atomic E-state index is 0.495. The number of hydrogen-bond donors (Lipinski definition) is 1. The number of rotatable bonds is 8. The van der Waals surface area contributed by atoms with Gasteiger partial charge in [-0.2, -0.15) is 0 Å². The minimum atomic E-state index is -0.495. The Balaban J connectivity index is 1.86. The maximum absolute atomic E-state index is 10.1. The van der Waals surface area contributed by atoms with E-state index in [1.165, 1.54) is 11.8 Å². The van der Waals surface area contributed by atoms with Crippen molar-refractivity contribution in [2.24, 2.45) is 0 Å². The monoisotopic (exact) mass is 293 g/mol.